The molecule has 2 unspecified atom stereocenters. The Kier molecular flexibility index (Phi) is 4.80. The molecule has 0 radical (unpaired) electrons. The van der Waals surface area contributed by atoms with Gasteiger partial charge in [-0.05, 0) is 61.2 Å². The molecule has 1 amide bonds. The predicted octanol–water partition coefficient (Wildman–Crippen LogP) is 5.41. The van der Waals surface area contributed by atoms with Gasteiger partial charge in [0.25, 0.3) is 5.91 Å². The van der Waals surface area contributed by atoms with Gasteiger partial charge < -0.3 is 15.0 Å². The molecule has 1 saturated heterocycles. The normalized spacial score (nSPS) is 19.5. The Balaban J connectivity index is 1.36. The van der Waals surface area contributed by atoms with Crippen LogP contribution in [0.4, 0.5) is 11.4 Å². The molecule has 0 spiro atoms. The van der Waals surface area contributed by atoms with Crippen LogP contribution in [-0.4, -0.2) is 18.6 Å². The van der Waals surface area contributed by atoms with Crippen molar-refractivity contribution in [2.24, 2.45) is 0 Å². The lowest BCUT2D eigenvalue weighted by Crippen LogP contribution is -2.33. The van der Waals surface area contributed by atoms with E-state index in [9.17, 15) is 4.79 Å². The number of nitrogens with zero attached hydrogens (tertiary/aromatic N) is 1. The van der Waals surface area contributed by atoms with Gasteiger partial charge in [0.05, 0.1) is 6.10 Å². The molecule has 1 N–H and O–H groups in total. The largest absolute Gasteiger partial charge is 0.381 e. The molecule has 30 heavy (non-hydrogen) atoms. The summed E-state index contributed by atoms with van der Waals surface area (Å²) in [6, 6.07) is 22.5. The number of aryl methyl sites for hydroxylation is 2. The Morgan fingerprint density at radius 1 is 1.03 bits per heavy atom. The fraction of sp³-hybridized carbons (Fsp3) is 0.269. The Bertz CT molecular complexity index is 1110. The molecule has 2 aliphatic rings. The Morgan fingerprint density at radius 2 is 1.83 bits per heavy atom. The van der Waals surface area contributed by atoms with E-state index in [4.69, 9.17) is 4.74 Å². The number of hydrogen-bond donors (Lipinski definition) is 1. The minimum absolute atomic E-state index is 0.0618. The molecule has 3 aromatic carbocycles. The van der Waals surface area contributed by atoms with Crippen LogP contribution in [0.1, 0.15) is 45.1 Å². The van der Waals surface area contributed by atoms with Gasteiger partial charge in [0.15, 0.2) is 0 Å². The first-order valence-corrected chi connectivity index (χ1v) is 10.6. The number of hydrogen-bond acceptors (Lipinski definition) is 3. The summed E-state index contributed by atoms with van der Waals surface area (Å²) in [6.45, 7) is 5.58. The van der Waals surface area contributed by atoms with Crippen LogP contribution in [0.3, 0.4) is 0 Å². The first kappa shape index (κ1) is 18.9. The van der Waals surface area contributed by atoms with Crippen LogP contribution in [-0.2, 0) is 11.3 Å². The van der Waals surface area contributed by atoms with E-state index in [0.29, 0.717) is 6.54 Å². The predicted molar refractivity (Wildman–Crippen MR) is 120 cm³/mol. The van der Waals surface area contributed by atoms with E-state index in [-0.39, 0.29) is 18.1 Å². The van der Waals surface area contributed by atoms with Gasteiger partial charge in [-0.3, -0.25) is 4.79 Å². The molecule has 2 atom stereocenters. The molecule has 2 aliphatic heterocycles. The van der Waals surface area contributed by atoms with Crippen LogP contribution in [0, 0.1) is 13.8 Å². The minimum Gasteiger partial charge on any atom is -0.381 e. The summed E-state index contributed by atoms with van der Waals surface area (Å²) in [5, 5.41) is 3.48. The lowest BCUT2D eigenvalue weighted by atomic mass is 10.0. The number of rotatable bonds is 4. The first-order valence-electron chi connectivity index (χ1n) is 10.6. The van der Waals surface area contributed by atoms with E-state index < -0.39 is 0 Å². The summed E-state index contributed by atoms with van der Waals surface area (Å²) < 4.78 is 5.78. The Hall–Kier alpha value is -3.11. The molecule has 4 heteroatoms. The van der Waals surface area contributed by atoms with E-state index in [2.05, 4.69) is 48.6 Å². The maximum absolute atomic E-state index is 13.5. The molecule has 0 saturated carbocycles. The van der Waals surface area contributed by atoms with Crippen LogP contribution < -0.4 is 10.2 Å². The molecule has 152 valence electrons. The van der Waals surface area contributed by atoms with E-state index in [1.165, 1.54) is 11.1 Å². The van der Waals surface area contributed by atoms with Crippen molar-refractivity contribution >= 4 is 17.3 Å². The molecule has 0 aliphatic carbocycles. The van der Waals surface area contributed by atoms with Crippen LogP contribution in [0.25, 0.3) is 0 Å². The smallest absolute Gasteiger partial charge is 0.258 e. The summed E-state index contributed by atoms with van der Waals surface area (Å²) in [4.78, 5) is 15.4. The number of ether oxygens (including phenoxy) is 1. The SMILES string of the molecule is Cc1ccccc1CNc1ccc(C(=O)N2CCC3OC3c3ccccc32)c(C)c1. The number of carbonyl (C=O) groups is 1. The van der Waals surface area contributed by atoms with Gasteiger partial charge in [-0.1, -0.05) is 42.5 Å². The molecule has 5 rings (SSSR count). The standard InChI is InChI=1S/C26H26N2O2/c1-17-7-3-4-8-19(17)16-27-20-11-12-21(18(2)15-20)26(29)28-14-13-24-25(30-24)22-9-5-6-10-23(22)28/h3-12,15,24-25,27H,13-14,16H2,1-2H3. The van der Waals surface area contributed by atoms with Gasteiger partial charge in [-0.2, -0.15) is 0 Å². The van der Waals surface area contributed by atoms with Crippen molar-refractivity contribution in [1.29, 1.82) is 0 Å². The van der Waals surface area contributed by atoms with Gasteiger partial charge in [0.1, 0.15) is 6.10 Å². The molecule has 1 fully saturated rings. The first-order chi connectivity index (χ1) is 14.6. The van der Waals surface area contributed by atoms with Gasteiger partial charge in [0.2, 0.25) is 0 Å². The topological polar surface area (TPSA) is 44.9 Å². The summed E-state index contributed by atoms with van der Waals surface area (Å²) in [6.07, 6.45) is 1.27. The Morgan fingerprint density at radius 3 is 2.67 bits per heavy atom. The van der Waals surface area contributed by atoms with Gasteiger partial charge in [-0.25, -0.2) is 0 Å². The second-order valence-corrected chi connectivity index (χ2v) is 8.21. The number of para-hydroxylation sites is 1. The number of fused-ring (bicyclic) bond motifs is 3. The molecule has 0 bridgehead atoms. The zero-order chi connectivity index (χ0) is 20.7. The molecular weight excluding hydrogens is 372 g/mol. The van der Waals surface area contributed by atoms with Crippen LogP contribution >= 0.6 is 0 Å². The second-order valence-electron chi connectivity index (χ2n) is 8.21. The summed E-state index contributed by atoms with van der Waals surface area (Å²) in [7, 11) is 0. The number of epoxide rings is 1. The highest BCUT2D eigenvalue weighted by Gasteiger charge is 2.44. The van der Waals surface area contributed by atoms with Crippen molar-refractivity contribution in [2.75, 3.05) is 16.8 Å². The molecular formula is C26H26N2O2. The molecule has 0 aromatic heterocycles. The molecule has 2 heterocycles. The van der Waals surface area contributed by atoms with E-state index in [1.54, 1.807) is 0 Å². The van der Waals surface area contributed by atoms with E-state index >= 15 is 0 Å². The van der Waals surface area contributed by atoms with Crippen LogP contribution in [0.15, 0.2) is 66.7 Å². The number of nitrogens with one attached hydrogen (secondary N) is 1. The average Bonchev–Trinajstić information content (AvgIpc) is 3.54. The fourth-order valence-electron chi connectivity index (χ4n) is 4.36. The van der Waals surface area contributed by atoms with Crippen molar-refractivity contribution in [3.8, 4) is 0 Å². The Labute approximate surface area is 177 Å². The van der Waals surface area contributed by atoms with Crippen molar-refractivity contribution in [1.82, 2.24) is 0 Å². The average molecular weight is 399 g/mol. The number of anilines is 2. The third kappa shape index (κ3) is 3.48. The lowest BCUT2D eigenvalue weighted by molar-refractivity contribution is 0.0985. The third-order valence-electron chi connectivity index (χ3n) is 6.20. The van der Waals surface area contributed by atoms with E-state index in [1.807, 2.05) is 42.2 Å². The monoisotopic (exact) mass is 398 g/mol. The van der Waals surface area contributed by atoms with Gasteiger partial charge in [-0.15, -0.1) is 0 Å². The zero-order valence-electron chi connectivity index (χ0n) is 17.4. The molecule has 3 aromatic rings. The quantitative estimate of drug-likeness (QED) is 0.598. The highest BCUT2D eigenvalue weighted by Crippen LogP contribution is 2.47. The lowest BCUT2D eigenvalue weighted by Gasteiger charge is -2.24. The highest BCUT2D eigenvalue weighted by molar-refractivity contribution is 6.07. The summed E-state index contributed by atoms with van der Waals surface area (Å²) in [5.41, 5.74) is 7.42. The number of benzene rings is 3. The maximum Gasteiger partial charge on any atom is 0.258 e. The van der Waals surface area contributed by atoms with Gasteiger partial charge in [0, 0.05) is 35.6 Å². The van der Waals surface area contributed by atoms with Crippen molar-refractivity contribution in [3.05, 3.63) is 94.5 Å². The molecule has 4 nitrogen and oxygen atoms in total. The third-order valence-corrected chi connectivity index (χ3v) is 6.20. The number of amides is 1. The van der Waals surface area contributed by atoms with Gasteiger partial charge >= 0.3 is 0 Å². The highest BCUT2D eigenvalue weighted by atomic mass is 16.6. The maximum atomic E-state index is 13.5. The fourth-order valence-corrected chi connectivity index (χ4v) is 4.36. The zero-order valence-corrected chi connectivity index (χ0v) is 17.4. The van der Waals surface area contributed by atoms with Crippen molar-refractivity contribution in [3.63, 3.8) is 0 Å². The summed E-state index contributed by atoms with van der Waals surface area (Å²) in [5.74, 6) is 0.0618. The second kappa shape index (κ2) is 7.62. The van der Waals surface area contributed by atoms with Crippen LogP contribution in [0.2, 0.25) is 0 Å². The van der Waals surface area contributed by atoms with E-state index in [0.717, 1.165) is 41.0 Å². The number of carbonyl (C=O) groups excluding carboxylic acids is 1. The van der Waals surface area contributed by atoms with Crippen molar-refractivity contribution < 1.29 is 9.53 Å². The summed E-state index contributed by atoms with van der Waals surface area (Å²) >= 11 is 0. The van der Waals surface area contributed by atoms with Crippen molar-refractivity contribution in [2.45, 2.75) is 39.0 Å². The van der Waals surface area contributed by atoms with Crippen LogP contribution in [0.5, 0.6) is 0 Å². The minimum atomic E-state index is 0.0618.